The lowest BCUT2D eigenvalue weighted by Gasteiger charge is -2.28. The number of aryl methyl sites for hydroxylation is 2. The molecule has 0 saturated carbocycles. The van der Waals surface area contributed by atoms with Crippen LogP contribution in [0.2, 0.25) is 0 Å². The van der Waals surface area contributed by atoms with Crippen molar-refractivity contribution in [3.8, 4) is 0 Å². The van der Waals surface area contributed by atoms with Crippen molar-refractivity contribution in [1.82, 2.24) is 15.4 Å². The van der Waals surface area contributed by atoms with Crippen LogP contribution < -0.4 is 5.32 Å². The van der Waals surface area contributed by atoms with Crippen molar-refractivity contribution in [3.63, 3.8) is 0 Å². The van der Waals surface area contributed by atoms with Crippen LogP contribution in [0.3, 0.4) is 0 Å². The fourth-order valence-corrected chi connectivity index (χ4v) is 2.27. The van der Waals surface area contributed by atoms with E-state index in [1.165, 1.54) is 0 Å². The zero-order valence-corrected chi connectivity index (χ0v) is 11.7. The van der Waals surface area contributed by atoms with Crippen LogP contribution in [-0.4, -0.2) is 34.0 Å². The van der Waals surface area contributed by atoms with E-state index < -0.39 is 5.54 Å². The van der Waals surface area contributed by atoms with Gasteiger partial charge in [0.15, 0.2) is 0 Å². The van der Waals surface area contributed by atoms with Crippen molar-refractivity contribution in [2.75, 3.05) is 6.54 Å². The standard InChI is InChI=1S/C13H19N3O3/c1-8-10(9(2)19-15-8)7-16-6-5-11(17)14-13(3,4)12(16)18/h5-7H2,1-4H3,(H,14,17). The van der Waals surface area contributed by atoms with Crippen molar-refractivity contribution in [3.05, 3.63) is 17.0 Å². The smallest absolute Gasteiger partial charge is 0.248 e. The zero-order valence-electron chi connectivity index (χ0n) is 11.7. The summed E-state index contributed by atoms with van der Waals surface area (Å²) in [5, 5.41) is 6.62. The molecule has 1 aromatic rings. The fourth-order valence-electron chi connectivity index (χ4n) is 2.27. The Morgan fingerprint density at radius 2 is 2.05 bits per heavy atom. The van der Waals surface area contributed by atoms with Gasteiger partial charge in [0.05, 0.1) is 12.2 Å². The summed E-state index contributed by atoms with van der Waals surface area (Å²) in [6, 6.07) is 0. The highest BCUT2D eigenvalue weighted by Crippen LogP contribution is 2.19. The Bertz CT molecular complexity index is 500. The molecule has 19 heavy (non-hydrogen) atoms. The van der Waals surface area contributed by atoms with Crippen LogP contribution >= 0.6 is 0 Å². The van der Waals surface area contributed by atoms with Crippen LogP contribution in [0.25, 0.3) is 0 Å². The topological polar surface area (TPSA) is 75.4 Å². The summed E-state index contributed by atoms with van der Waals surface area (Å²) in [5.74, 6) is 0.532. The molecule has 1 N–H and O–H groups in total. The molecular weight excluding hydrogens is 246 g/mol. The zero-order chi connectivity index (χ0) is 14.2. The molecule has 2 rings (SSSR count). The Labute approximate surface area is 112 Å². The number of carbonyl (C=O) groups is 2. The number of amides is 2. The Kier molecular flexibility index (Phi) is 3.34. The minimum atomic E-state index is -0.868. The summed E-state index contributed by atoms with van der Waals surface area (Å²) in [4.78, 5) is 25.7. The van der Waals surface area contributed by atoms with Crippen LogP contribution in [0.1, 0.15) is 37.3 Å². The van der Waals surface area contributed by atoms with Gasteiger partial charge in [0.25, 0.3) is 0 Å². The van der Waals surface area contributed by atoms with Crippen LogP contribution in [0.4, 0.5) is 0 Å². The van der Waals surface area contributed by atoms with Gasteiger partial charge in [0.1, 0.15) is 11.3 Å². The third kappa shape index (κ3) is 2.62. The highest BCUT2D eigenvalue weighted by molar-refractivity contribution is 5.92. The van der Waals surface area contributed by atoms with Gasteiger partial charge in [-0.2, -0.15) is 0 Å². The maximum Gasteiger partial charge on any atom is 0.248 e. The fraction of sp³-hybridized carbons (Fsp3) is 0.615. The normalized spacial score (nSPS) is 19.3. The average molecular weight is 265 g/mol. The molecule has 1 aromatic heterocycles. The Morgan fingerprint density at radius 1 is 1.37 bits per heavy atom. The highest BCUT2D eigenvalue weighted by Gasteiger charge is 2.36. The second-order valence-electron chi connectivity index (χ2n) is 5.45. The Balaban J connectivity index is 2.24. The molecule has 1 aliphatic rings. The summed E-state index contributed by atoms with van der Waals surface area (Å²) in [6.07, 6.45) is 0.318. The summed E-state index contributed by atoms with van der Waals surface area (Å²) >= 11 is 0. The van der Waals surface area contributed by atoms with Gasteiger partial charge in [-0.15, -0.1) is 0 Å². The van der Waals surface area contributed by atoms with E-state index in [0.29, 0.717) is 25.3 Å². The van der Waals surface area contributed by atoms with Gasteiger partial charge < -0.3 is 14.7 Å². The van der Waals surface area contributed by atoms with Crippen molar-refractivity contribution >= 4 is 11.8 Å². The van der Waals surface area contributed by atoms with Gasteiger partial charge in [-0.05, 0) is 27.7 Å². The second kappa shape index (κ2) is 4.68. The van der Waals surface area contributed by atoms with Crippen molar-refractivity contribution in [2.24, 2.45) is 0 Å². The van der Waals surface area contributed by atoms with E-state index >= 15 is 0 Å². The first-order chi connectivity index (χ1) is 8.81. The quantitative estimate of drug-likeness (QED) is 0.862. The molecule has 1 fully saturated rings. The SMILES string of the molecule is Cc1noc(C)c1CN1CCC(=O)NC(C)(C)C1=O. The van der Waals surface area contributed by atoms with E-state index in [-0.39, 0.29) is 11.8 Å². The maximum absolute atomic E-state index is 12.4. The van der Waals surface area contributed by atoms with Gasteiger partial charge >= 0.3 is 0 Å². The van der Waals surface area contributed by atoms with Gasteiger partial charge in [0, 0.05) is 18.5 Å². The predicted octanol–water partition coefficient (Wildman–Crippen LogP) is 0.919. The van der Waals surface area contributed by atoms with Crippen LogP contribution in [0, 0.1) is 13.8 Å². The predicted molar refractivity (Wildman–Crippen MR) is 68.2 cm³/mol. The molecule has 6 heteroatoms. The number of carbonyl (C=O) groups excluding carboxylic acids is 2. The van der Waals surface area contributed by atoms with Gasteiger partial charge in [-0.25, -0.2) is 0 Å². The van der Waals surface area contributed by atoms with E-state index in [4.69, 9.17) is 4.52 Å². The van der Waals surface area contributed by atoms with E-state index in [2.05, 4.69) is 10.5 Å². The van der Waals surface area contributed by atoms with Gasteiger partial charge in [-0.3, -0.25) is 9.59 Å². The van der Waals surface area contributed by atoms with E-state index in [1.807, 2.05) is 13.8 Å². The molecule has 1 aliphatic heterocycles. The highest BCUT2D eigenvalue weighted by atomic mass is 16.5. The van der Waals surface area contributed by atoms with E-state index in [1.54, 1.807) is 18.7 Å². The number of hydrogen-bond acceptors (Lipinski definition) is 4. The number of aromatic nitrogens is 1. The lowest BCUT2D eigenvalue weighted by molar-refractivity contribution is -0.137. The molecule has 6 nitrogen and oxygen atoms in total. The lowest BCUT2D eigenvalue weighted by Crippen LogP contribution is -2.52. The maximum atomic E-state index is 12.4. The lowest BCUT2D eigenvalue weighted by atomic mass is 10.0. The van der Waals surface area contributed by atoms with Crippen LogP contribution in [-0.2, 0) is 16.1 Å². The van der Waals surface area contributed by atoms with E-state index in [0.717, 1.165) is 11.3 Å². The minimum absolute atomic E-state index is 0.0849. The number of hydrogen-bond donors (Lipinski definition) is 1. The molecule has 0 aromatic carbocycles. The molecule has 0 radical (unpaired) electrons. The first kappa shape index (κ1) is 13.6. The van der Waals surface area contributed by atoms with Crippen molar-refractivity contribution in [1.29, 1.82) is 0 Å². The monoisotopic (exact) mass is 265 g/mol. The molecular formula is C13H19N3O3. The first-order valence-electron chi connectivity index (χ1n) is 6.33. The summed E-state index contributed by atoms with van der Waals surface area (Å²) in [6.45, 7) is 7.96. The molecule has 0 bridgehead atoms. The first-order valence-corrected chi connectivity index (χ1v) is 6.33. The molecule has 0 aliphatic carbocycles. The molecule has 1 saturated heterocycles. The van der Waals surface area contributed by atoms with Gasteiger partial charge in [0.2, 0.25) is 11.8 Å². The largest absolute Gasteiger partial charge is 0.361 e. The molecule has 104 valence electrons. The molecule has 2 amide bonds. The van der Waals surface area contributed by atoms with Crippen LogP contribution in [0.15, 0.2) is 4.52 Å². The third-order valence-electron chi connectivity index (χ3n) is 3.41. The third-order valence-corrected chi connectivity index (χ3v) is 3.41. The van der Waals surface area contributed by atoms with Crippen molar-refractivity contribution in [2.45, 2.75) is 46.2 Å². The van der Waals surface area contributed by atoms with Crippen LogP contribution in [0.5, 0.6) is 0 Å². The van der Waals surface area contributed by atoms with Crippen molar-refractivity contribution < 1.29 is 14.1 Å². The molecule has 2 heterocycles. The summed E-state index contributed by atoms with van der Waals surface area (Å²) < 4.78 is 5.11. The average Bonchev–Trinajstić information content (AvgIpc) is 2.58. The van der Waals surface area contributed by atoms with E-state index in [9.17, 15) is 9.59 Å². The number of rotatable bonds is 2. The van der Waals surface area contributed by atoms with Gasteiger partial charge in [-0.1, -0.05) is 5.16 Å². The Morgan fingerprint density at radius 3 is 2.63 bits per heavy atom. The summed E-state index contributed by atoms with van der Waals surface area (Å²) in [5.41, 5.74) is 0.831. The minimum Gasteiger partial charge on any atom is -0.361 e. The second-order valence-corrected chi connectivity index (χ2v) is 5.45. The molecule has 0 spiro atoms. The molecule has 0 atom stereocenters. The number of nitrogens with one attached hydrogen (secondary N) is 1. The molecule has 0 unspecified atom stereocenters. The Hall–Kier alpha value is -1.85. The number of nitrogens with zero attached hydrogens (tertiary/aromatic N) is 2. The summed E-state index contributed by atoms with van der Waals surface area (Å²) in [7, 11) is 0.